The van der Waals surface area contributed by atoms with Crippen molar-refractivity contribution in [2.75, 3.05) is 0 Å². The van der Waals surface area contributed by atoms with Crippen LogP contribution >= 0.6 is 0 Å². The molecule has 0 aliphatic carbocycles. The quantitative estimate of drug-likeness (QED) is 0.410. The second kappa shape index (κ2) is 8.84. The number of rotatable bonds is 1. The second-order valence-electron chi connectivity index (χ2n) is 0.816. The molecule has 0 nitrogen and oxygen atoms in total. The highest BCUT2D eigenvalue weighted by Gasteiger charge is 1.57. The lowest BCUT2D eigenvalue weighted by Crippen LogP contribution is -1.50. The Labute approximate surface area is 50.1 Å². The molecule has 0 atom stereocenters. The number of unbranched alkanes of at least 4 members (excludes halogenated alkanes) is 1. The fraction of sp³-hybridized carbons (Fsp3) is 0.750. The minimum absolute atomic E-state index is 0. The summed E-state index contributed by atoms with van der Waals surface area (Å²) in [5, 5.41) is 0. The first kappa shape index (κ1) is 9.23. The van der Waals surface area contributed by atoms with Gasteiger partial charge < -0.3 is 0 Å². The van der Waals surface area contributed by atoms with Crippen LogP contribution in [0, 0.1) is 6.42 Å². The summed E-state index contributed by atoms with van der Waals surface area (Å²) < 4.78 is 0. The van der Waals surface area contributed by atoms with Gasteiger partial charge in [0.2, 0.25) is 0 Å². The van der Waals surface area contributed by atoms with Crippen molar-refractivity contribution in [1.29, 1.82) is 0 Å². The van der Waals surface area contributed by atoms with Crippen LogP contribution in [-0.4, -0.2) is 23.1 Å². The van der Waals surface area contributed by atoms with Gasteiger partial charge in [-0.3, -0.25) is 0 Å². The summed E-state index contributed by atoms with van der Waals surface area (Å²) in [7, 11) is 0. The third-order valence-corrected chi connectivity index (χ3v) is 0.408. The third-order valence-electron chi connectivity index (χ3n) is 0.408. The molecule has 0 bridgehead atoms. The van der Waals surface area contributed by atoms with Gasteiger partial charge in [0.1, 0.15) is 0 Å². The summed E-state index contributed by atoms with van der Waals surface area (Å²) in [6.07, 6.45) is 3.32. The van der Waals surface area contributed by atoms with Gasteiger partial charge in [-0.05, 0) is 6.42 Å². The van der Waals surface area contributed by atoms with E-state index in [9.17, 15) is 0 Å². The highest BCUT2D eigenvalue weighted by atomic mass is 24.3. The maximum absolute atomic E-state index is 2.12. The molecule has 0 unspecified atom stereocenters. The van der Waals surface area contributed by atoms with Gasteiger partial charge in [-0.2, -0.15) is 0 Å². The molecule has 1 radical (unpaired) electrons. The maximum Gasteiger partial charge on any atom is 0.316 e. The monoisotopic (exact) mass is 83.1 g/mol. The average Bonchev–Trinajstić information content (AvgIpc) is 1.37. The molecule has 0 fully saturated rings. The Hall–Kier alpha value is 0.766. The van der Waals surface area contributed by atoms with Gasteiger partial charge in [-0.15, -0.1) is 0 Å². The highest BCUT2D eigenvalue weighted by Crippen LogP contribution is 1.74. The molecule has 0 rings (SSSR count). The summed E-state index contributed by atoms with van der Waals surface area (Å²) >= 11 is 0. The highest BCUT2D eigenvalue weighted by molar-refractivity contribution is 5.75. The standard InChI is InChI=1S/C4H9.Mg.2H/c1-3-4-2;;;/h3H,4H2,1-2H3;;;. The number of hydrogen-bond acceptors (Lipinski definition) is 0. The van der Waals surface area contributed by atoms with Gasteiger partial charge in [0.25, 0.3) is 0 Å². The van der Waals surface area contributed by atoms with E-state index in [-0.39, 0.29) is 23.1 Å². The lowest BCUT2D eigenvalue weighted by molar-refractivity contribution is 1.10. The van der Waals surface area contributed by atoms with Gasteiger partial charge in [-0.25, -0.2) is 0 Å². The van der Waals surface area contributed by atoms with E-state index in [0.717, 1.165) is 0 Å². The molecule has 0 aromatic carbocycles. The van der Waals surface area contributed by atoms with Gasteiger partial charge in [-0.1, -0.05) is 20.3 Å². The molecule has 0 aliphatic heterocycles. The van der Waals surface area contributed by atoms with Gasteiger partial charge >= 0.3 is 23.1 Å². The first-order valence-electron chi connectivity index (χ1n) is 1.69. The van der Waals surface area contributed by atoms with E-state index in [1.54, 1.807) is 0 Å². The zero-order valence-electron chi connectivity index (χ0n) is 3.28. The number of hydrogen-bond donors (Lipinski definition) is 0. The molecule has 0 heterocycles. The molecule has 29 valence electrons. The largest absolute Gasteiger partial charge is 0.316 e. The van der Waals surface area contributed by atoms with Crippen LogP contribution in [0.1, 0.15) is 20.3 Å². The summed E-state index contributed by atoms with van der Waals surface area (Å²) in [6, 6.07) is 0. The van der Waals surface area contributed by atoms with Crippen molar-refractivity contribution in [3.8, 4) is 0 Å². The topological polar surface area (TPSA) is 0 Å². The van der Waals surface area contributed by atoms with Crippen molar-refractivity contribution < 1.29 is 0 Å². The SMILES string of the molecule is C[CH]CC.[MgH2]. The van der Waals surface area contributed by atoms with Gasteiger partial charge in [0.05, 0.1) is 0 Å². The van der Waals surface area contributed by atoms with E-state index >= 15 is 0 Å². The van der Waals surface area contributed by atoms with Crippen LogP contribution in [0.15, 0.2) is 0 Å². The van der Waals surface area contributed by atoms with Crippen molar-refractivity contribution >= 4 is 23.1 Å². The fourth-order valence-electron chi connectivity index (χ4n) is 0. The van der Waals surface area contributed by atoms with Crippen LogP contribution in [0.2, 0.25) is 0 Å². The van der Waals surface area contributed by atoms with E-state index in [1.807, 2.05) is 0 Å². The zero-order valence-corrected chi connectivity index (χ0v) is 3.28. The lowest BCUT2D eigenvalue weighted by atomic mass is 10.4. The van der Waals surface area contributed by atoms with Crippen LogP contribution < -0.4 is 0 Å². The predicted octanol–water partition coefficient (Wildman–Crippen LogP) is 0.704. The Kier molecular flexibility index (Phi) is 16.3. The maximum atomic E-state index is 2.12. The molecule has 0 aromatic heterocycles. The molecule has 1 heteroatoms. The van der Waals surface area contributed by atoms with Crippen LogP contribution in [0.3, 0.4) is 0 Å². The van der Waals surface area contributed by atoms with E-state index in [1.165, 1.54) is 6.42 Å². The Morgan fingerprint density at radius 3 is 1.80 bits per heavy atom. The Bertz CT molecular complexity index is 5.61. The molecule has 0 spiro atoms. The smallest absolute Gasteiger partial charge is 0.0651 e. The first-order chi connectivity index (χ1) is 1.91. The Morgan fingerprint density at radius 1 is 1.60 bits per heavy atom. The minimum Gasteiger partial charge on any atom is -0.0651 e. The fourth-order valence-corrected chi connectivity index (χ4v) is 0. The minimum atomic E-state index is 0. The summed E-state index contributed by atoms with van der Waals surface area (Å²) in [5.41, 5.74) is 0. The van der Waals surface area contributed by atoms with Crippen molar-refractivity contribution in [3.63, 3.8) is 0 Å². The molecule has 0 saturated carbocycles. The Balaban J connectivity index is 0. The average molecular weight is 83.4 g/mol. The van der Waals surface area contributed by atoms with Crippen molar-refractivity contribution in [2.24, 2.45) is 0 Å². The molecule has 0 N–H and O–H groups in total. The molecular weight excluding hydrogens is 72.3 g/mol. The van der Waals surface area contributed by atoms with Gasteiger partial charge in [0, 0.05) is 0 Å². The Morgan fingerprint density at radius 2 is 1.80 bits per heavy atom. The molecule has 0 aromatic rings. The van der Waals surface area contributed by atoms with Crippen molar-refractivity contribution in [3.05, 3.63) is 6.42 Å². The molecule has 5 heavy (non-hydrogen) atoms. The summed E-state index contributed by atoms with van der Waals surface area (Å²) in [6.45, 7) is 4.18. The van der Waals surface area contributed by atoms with E-state index in [0.29, 0.717) is 0 Å². The summed E-state index contributed by atoms with van der Waals surface area (Å²) in [5.74, 6) is 0. The predicted molar refractivity (Wildman–Crippen MR) is 28.8 cm³/mol. The third kappa shape index (κ3) is 11.7. The molecular formula is C4H11Mg. The lowest BCUT2D eigenvalue weighted by Gasteiger charge is -1.67. The van der Waals surface area contributed by atoms with Crippen LogP contribution in [-0.2, 0) is 0 Å². The van der Waals surface area contributed by atoms with E-state index in [2.05, 4.69) is 20.3 Å². The normalized spacial score (nSPS) is 6.00. The second-order valence-corrected chi connectivity index (χ2v) is 0.816. The molecule has 0 aliphatic rings. The van der Waals surface area contributed by atoms with E-state index < -0.39 is 0 Å². The molecule has 0 saturated heterocycles. The van der Waals surface area contributed by atoms with Crippen LogP contribution in [0.5, 0.6) is 0 Å². The van der Waals surface area contributed by atoms with E-state index in [4.69, 9.17) is 0 Å². The first-order valence-corrected chi connectivity index (χ1v) is 1.69. The van der Waals surface area contributed by atoms with Crippen molar-refractivity contribution in [2.45, 2.75) is 20.3 Å². The summed E-state index contributed by atoms with van der Waals surface area (Å²) in [4.78, 5) is 0. The van der Waals surface area contributed by atoms with Crippen LogP contribution in [0.25, 0.3) is 0 Å². The molecule has 0 amide bonds. The van der Waals surface area contributed by atoms with Crippen LogP contribution in [0.4, 0.5) is 0 Å². The van der Waals surface area contributed by atoms with Crippen molar-refractivity contribution in [1.82, 2.24) is 0 Å². The van der Waals surface area contributed by atoms with Gasteiger partial charge in [0.15, 0.2) is 0 Å². The zero-order chi connectivity index (χ0) is 3.41.